The van der Waals surface area contributed by atoms with Gasteiger partial charge in [-0.2, -0.15) is 0 Å². The highest BCUT2D eigenvalue weighted by molar-refractivity contribution is 5.52. The van der Waals surface area contributed by atoms with E-state index in [0.29, 0.717) is 5.92 Å². The topological polar surface area (TPSA) is 4.36 Å². The molecule has 0 saturated carbocycles. The Labute approximate surface area is 93.0 Å². The van der Waals surface area contributed by atoms with Gasteiger partial charge in [-0.05, 0) is 22.5 Å². The monoisotopic (exact) mass is 201 g/mol. The highest BCUT2D eigenvalue weighted by atomic mass is 14.6. The van der Waals surface area contributed by atoms with Gasteiger partial charge >= 0.3 is 0 Å². The Kier molecular flexibility index (Phi) is 3.19. The van der Waals surface area contributed by atoms with Gasteiger partial charge in [0, 0.05) is 0 Å². The van der Waals surface area contributed by atoms with Crippen LogP contribution in [0.2, 0.25) is 0 Å². The third-order valence-electron chi connectivity index (χ3n) is 2.60. The number of benzene rings is 1. The van der Waals surface area contributed by atoms with Gasteiger partial charge in [-0.3, -0.25) is 0 Å². The van der Waals surface area contributed by atoms with E-state index in [1.165, 1.54) is 11.1 Å². The summed E-state index contributed by atoms with van der Waals surface area (Å²) in [5.74, 6) is 0.513. The summed E-state index contributed by atoms with van der Waals surface area (Å²) in [7, 11) is 0. The second-order valence-corrected chi connectivity index (χ2v) is 5.29. The van der Waals surface area contributed by atoms with E-state index in [1.807, 2.05) is 12.1 Å². The molecule has 1 aromatic rings. The fraction of sp³-hybridized carbons (Fsp3) is 0.500. The first-order valence-electron chi connectivity index (χ1n) is 5.38. The smallest absolute Gasteiger partial charge is 0.187 e. The van der Waals surface area contributed by atoms with E-state index in [0.717, 1.165) is 5.69 Å². The van der Waals surface area contributed by atoms with Crippen molar-refractivity contribution < 1.29 is 0 Å². The van der Waals surface area contributed by atoms with Gasteiger partial charge in [0.1, 0.15) is 0 Å². The maximum absolute atomic E-state index is 7.05. The van der Waals surface area contributed by atoms with Crippen LogP contribution in [0.5, 0.6) is 0 Å². The minimum absolute atomic E-state index is 0.111. The highest BCUT2D eigenvalue weighted by Gasteiger charge is 2.19. The molecule has 1 nitrogen and oxygen atoms in total. The Hall–Kier alpha value is -1.29. The second-order valence-electron chi connectivity index (χ2n) is 5.29. The van der Waals surface area contributed by atoms with Crippen molar-refractivity contribution in [1.29, 1.82) is 0 Å². The standard InChI is InChI=1S/C14H19N/c1-10(2)12-8-7-11(15-6)9-13(12)14(3,4)5/h7-10H,1-5H3. The van der Waals surface area contributed by atoms with Crippen LogP contribution in [0.1, 0.15) is 51.7 Å². The molecule has 0 aromatic heterocycles. The van der Waals surface area contributed by atoms with Gasteiger partial charge < -0.3 is 0 Å². The summed E-state index contributed by atoms with van der Waals surface area (Å²) in [6.45, 7) is 18.0. The van der Waals surface area contributed by atoms with Crippen LogP contribution in [0.25, 0.3) is 4.85 Å². The molecule has 80 valence electrons. The maximum Gasteiger partial charge on any atom is 0.187 e. The van der Waals surface area contributed by atoms with E-state index in [2.05, 4.69) is 45.5 Å². The lowest BCUT2D eigenvalue weighted by atomic mass is 9.80. The van der Waals surface area contributed by atoms with Crippen molar-refractivity contribution in [3.05, 3.63) is 40.7 Å². The first-order chi connectivity index (χ1) is 6.86. The molecule has 0 spiro atoms. The average molecular weight is 201 g/mol. The molecule has 0 atom stereocenters. The zero-order valence-electron chi connectivity index (χ0n) is 10.3. The van der Waals surface area contributed by atoms with Crippen molar-refractivity contribution >= 4 is 5.69 Å². The molecule has 0 fully saturated rings. The Balaban J connectivity index is 3.37. The Morgan fingerprint density at radius 2 is 1.80 bits per heavy atom. The first-order valence-corrected chi connectivity index (χ1v) is 5.38. The molecule has 0 amide bonds. The Bertz CT molecular complexity index is 389. The minimum atomic E-state index is 0.111. The molecule has 0 saturated heterocycles. The second kappa shape index (κ2) is 4.06. The number of hydrogen-bond acceptors (Lipinski definition) is 0. The van der Waals surface area contributed by atoms with Gasteiger partial charge in [-0.1, -0.05) is 52.8 Å². The van der Waals surface area contributed by atoms with Gasteiger partial charge in [-0.25, -0.2) is 4.85 Å². The van der Waals surface area contributed by atoms with Crippen molar-refractivity contribution in [3.63, 3.8) is 0 Å². The molecule has 0 aliphatic carbocycles. The quantitative estimate of drug-likeness (QED) is 0.582. The summed E-state index contributed by atoms with van der Waals surface area (Å²) >= 11 is 0. The third kappa shape index (κ3) is 2.59. The number of rotatable bonds is 1. The van der Waals surface area contributed by atoms with Crippen LogP contribution in [0.4, 0.5) is 5.69 Å². The number of hydrogen-bond donors (Lipinski definition) is 0. The zero-order chi connectivity index (χ0) is 11.6. The van der Waals surface area contributed by atoms with E-state index in [4.69, 9.17) is 6.57 Å². The van der Waals surface area contributed by atoms with Gasteiger partial charge in [-0.15, -0.1) is 0 Å². The molecule has 15 heavy (non-hydrogen) atoms. The highest BCUT2D eigenvalue weighted by Crippen LogP contribution is 2.33. The maximum atomic E-state index is 7.05. The van der Waals surface area contributed by atoms with Crippen LogP contribution in [0.3, 0.4) is 0 Å². The summed E-state index contributed by atoms with van der Waals surface area (Å²) in [5, 5.41) is 0. The molecule has 0 radical (unpaired) electrons. The van der Waals surface area contributed by atoms with Crippen molar-refractivity contribution in [2.24, 2.45) is 0 Å². The molecule has 1 rings (SSSR count). The normalized spacial score (nSPS) is 11.5. The van der Waals surface area contributed by atoms with Crippen LogP contribution < -0.4 is 0 Å². The molecule has 0 aliphatic rings. The third-order valence-corrected chi connectivity index (χ3v) is 2.60. The molecular formula is C14H19N. The first kappa shape index (κ1) is 11.8. The number of nitrogens with zero attached hydrogens (tertiary/aromatic N) is 1. The van der Waals surface area contributed by atoms with Crippen molar-refractivity contribution in [2.75, 3.05) is 0 Å². The van der Waals surface area contributed by atoms with Gasteiger partial charge in [0.05, 0.1) is 6.57 Å². The summed E-state index contributed by atoms with van der Waals surface area (Å²) in [6.07, 6.45) is 0. The molecular weight excluding hydrogens is 182 g/mol. The summed E-state index contributed by atoms with van der Waals surface area (Å²) < 4.78 is 0. The SMILES string of the molecule is [C-]#[N+]c1ccc(C(C)C)c(C(C)(C)C)c1. The van der Waals surface area contributed by atoms with Crippen LogP contribution in [0.15, 0.2) is 18.2 Å². The van der Waals surface area contributed by atoms with E-state index in [1.54, 1.807) is 0 Å². The lowest BCUT2D eigenvalue weighted by molar-refractivity contribution is 0.577. The van der Waals surface area contributed by atoms with Crippen LogP contribution in [0, 0.1) is 6.57 Å². The molecule has 1 aromatic carbocycles. The molecule has 1 heteroatoms. The lowest BCUT2D eigenvalue weighted by Gasteiger charge is -2.25. The van der Waals surface area contributed by atoms with Crippen LogP contribution >= 0.6 is 0 Å². The van der Waals surface area contributed by atoms with E-state index >= 15 is 0 Å². The predicted molar refractivity (Wildman–Crippen MR) is 65.5 cm³/mol. The van der Waals surface area contributed by atoms with Gasteiger partial charge in [0.15, 0.2) is 5.69 Å². The summed E-state index contributed by atoms with van der Waals surface area (Å²) in [4.78, 5) is 3.50. The fourth-order valence-corrected chi connectivity index (χ4v) is 1.77. The molecule has 0 bridgehead atoms. The van der Waals surface area contributed by atoms with Gasteiger partial charge in [0.25, 0.3) is 0 Å². The molecule has 0 unspecified atom stereocenters. The van der Waals surface area contributed by atoms with E-state index < -0.39 is 0 Å². The Morgan fingerprint density at radius 1 is 1.20 bits per heavy atom. The fourth-order valence-electron chi connectivity index (χ4n) is 1.77. The van der Waals surface area contributed by atoms with Crippen molar-refractivity contribution in [3.8, 4) is 0 Å². The average Bonchev–Trinajstić information content (AvgIpc) is 2.15. The lowest BCUT2D eigenvalue weighted by Crippen LogP contribution is -2.14. The van der Waals surface area contributed by atoms with E-state index in [-0.39, 0.29) is 5.41 Å². The van der Waals surface area contributed by atoms with Crippen molar-refractivity contribution in [2.45, 2.75) is 46.0 Å². The van der Waals surface area contributed by atoms with Gasteiger partial charge in [0.2, 0.25) is 0 Å². The summed E-state index contributed by atoms with van der Waals surface area (Å²) in [6, 6.07) is 6.04. The summed E-state index contributed by atoms with van der Waals surface area (Å²) in [5.41, 5.74) is 3.51. The minimum Gasteiger partial charge on any atom is -0.238 e. The predicted octanol–water partition coefficient (Wildman–Crippen LogP) is 4.66. The zero-order valence-corrected chi connectivity index (χ0v) is 10.3. The molecule has 0 aliphatic heterocycles. The largest absolute Gasteiger partial charge is 0.238 e. The van der Waals surface area contributed by atoms with E-state index in [9.17, 15) is 0 Å². The van der Waals surface area contributed by atoms with Crippen LogP contribution in [-0.2, 0) is 5.41 Å². The van der Waals surface area contributed by atoms with Crippen LogP contribution in [-0.4, -0.2) is 0 Å². The molecule has 0 N–H and O–H groups in total. The molecule has 0 heterocycles. The Morgan fingerprint density at radius 3 is 2.20 bits per heavy atom. The van der Waals surface area contributed by atoms with Crippen molar-refractivity contribution in [1.82, 2.24) is 0 Å².